The van der Waals surface area contributed by atoms with E-state index >= 15 is 0 Å². The van der Waals surface area contributed by atoms with Gasteiger partial charge in [0.2, 0.25) is 17.7 Å². The van der Waals surface area contributed by atoms with Crippen LogP contribution in [0.2, 0.25) is 0 Å². The number of benzene rings is 1. The van der Waals surface area contributed by atoms with Crippen LogP contribution >= 0.6 is 0 Å². The van der Waals surface area contributed by atoms with Gasteiger partial charge in [0, 0.05) is 36.9 Å². The number of piperidine rings is 1. The van der Waals surface area contributed by atoms with Crippen molar-refractivity contribution < 1.29 is 23.9 Å². The summed E-state index contributed by atoms with van der Waals surface area (Å²) in [6.07, 6.45) is 12.0. The summed E-state index contributed by atoms with van der Waals surface area (Å²) in [7, 11) is 1.58. The van der Waals surface area contributed by atoms with Crippen LogP contribution in [0.25, 0.3) is 0 Å². The topological polar surface area (TPSA) is 100 Å². The van der Waals surface area contributed by atoms with Gasteiger partial charge in [-0.3, -0.25) is 19.3 Å². The Balaban J connectivity index is 1.27. The Kier molecular flexibility index (Phi) is 7.61. The van der Waals surface area contributed by atoms with Crippen LogP contribution in [0.5, 0.6) is 5.75 Å². The highest BCUT2D eigenvalue weighted by molar-refractivity contribution is 6.02. The standard InChI is InChI=1S/C31H42N4O5/c1-20-9-6-7-16-34(20)17-18-35-27(29(37)32-21-10-4-3-5-11-21)31-15-14-24(40-31)25(26(31)30(35)38)28(36)33-22-12-8-13-23(19-22)39-2/h8,12-15,19-21,24-27H,3-7,9-11,16-18H2,1-2H3,(H,32,37)(H,33,36)/t20-,24-,25+,26-,27+,31-/m0/s1. The van der Waals surface area contributed by atoms with Gasteiger partial charge in [-0.2, -0.15) is 0 Å². The largest absolute Gasteiger partial charge is 0.497 e. The number of nitrogens with zero attached hydrogens (tertiary/aromatic N) is 2. The predicted octanol–water partition coefficient (Wildman–Crippen LogP) is 3.11. The number of hydrogen-bond donors (Lipinski definition) is 2. The van der Waals surface area contributed by atoms with Crippen LogP contribution in [0.4, 0.5) is 5.69 Å². The quantitative estimate of drug-likeness (QED) is 0.483. The number of methoxy groups -OCH3 is 1. The zero-order chi connectivity index (χ0) is 27.9. The second-order valence-electron chi connectivity index (χ2n) is 12.2. The molecular formula is C31H42N4O5. The van der Waals surface area contributed by atoms with Crippen molar-refractivity contribution in [3.05, 3.63) is 36.4 Å². The molecule has 1 aromatic rings. The molecule has 40 heavy (non-hydrogen) atoms. The van der Waals surface area contributed by atoms with Crippen LogP contribution in [0.1, 0.15) is 58.3 Å². The van der Waals surface area contributed by atoms with Crippen molar-refractivity contribution in [2.45, 2.75) is 88.1 Å². The summed E-state index contributed by atoms with van der Waals surface area (Å²) < 4.78 is 11.8. The molecule has 6 rings (SSSR count). The summed E-state index contributed by atoms with van der Waals surface area (Å²) in [5.41, 5.74) is -0.539. The number of ether oxygens (including phenoxy) is 2. The van der Waals surface area contributed by atoms with Crippen LogP contribution in [0.15, 0.2) is 36.4 Å². The van der Waals surface area contributed by atoms with Gasteiger partial charge in [0.25, 0.3) is 0 Å². The van der Waals surface area contributed by atoms with E-state index in [1.807, 2.05) is 24.3 Å². The van der Waals surface area contributed by atoms with E-state index in [4.69, 9.17) is 9.47 Å². The Bertz CT molecular complexity index is 1170. The minimum Gasteiger partial charge on any atom is -0.497 e. The first-order chi connectivity index (χ1) is 19.4. The van der Waals surface area contributed by atoms with Crippen molar-refractivity contribution in [1.29, 1.82) is 0 Å². The van der Waals surface area contributed by atoms with Crippen LogP contribution in [0, 0.1) is 11.8 Å². The first kappa shape index (κ1) is 27.3. The number of fused-ring (bicyclic) bond motifs is 1. The van der Waals surface area contributed by atoms with Gasteiger partial charge in [-0.25, -0.2) is 0 Å². The van der Waals surface area contributed by atoms with Gasteiger partial charge in [-0.1, -0.05) is 43.9 Å². The second kappa shape index (κ2) is 11.2. The molecule has 6 atom stereocenters. The lowest BCUT2D eigenvalue weighted by molar-refractivity contribution is -0.141. The molecule has 1 spiro atoms. The molecule has 1 aliphatic carbocycles. The fraction of sp³-hybridized carbons (Fsp3) is 0.645. The predicted molar refractivity (Wildman–Crippen MR) is 151 cm³/mol. The number of nitrogens with one attached hydrogen (secondary N) is 2. The van der Waals surface area contributed by atoms with Gasteiger partial charge in [0.15, 0.2) is 0 Å². The minimum absolute atomic E-state index is 0.116. The van der Waals surface area contributed by atoms with Crippen molar-refractivity contribution in [3.8, 4) is 5.75 Å². The Labute approximate surface area is 236 Å². The molecule has 216 valence electrons. The fourth-order valence-corrected chi connectivity index (χ4v) is 7.69. The molecule has 3 saturated heterocycles. The van der Waals surface area contributed by atoms with Gasteiger partial charge in [0.05, 0.1) is 25.0 Å². The lowest BCUT2D eigenvalue weighted by Gasteiger charge is -2.37. The molecule has 2 N–H and O–H groups in total. The highest BCUT2D eigenvalue weighted by atomic mass is 16.5. The number of anilines is 1. The van der Waals surface area contributed by atoms with Crippen molar-refractivity contribution in [2.75, 3.05) is 32.1 Å². The molecule has 3 amide bonds. The smallest absolute Gasteiger partial charge is 0.246 e. The molecule has 9 heteroatoms. The van der Waals surface area contributed by atoms with Crippen LogP contribution in [-0.4, -0.2) is 84.1 Å². The maximum atomic E-state index is 14.2. The molecule has 1 saturated carbocycles. The van der Waals surface area contributed by atoms with Crippen LogP contribution in [0.3, 0.4) is 0 Å². The third kappa shape index (κ3) is 4.81. The first-order valence-corrected chi connectivity index (χ1v) is 15.1. The minimum atomic E-state index is -1.13. The third-order valence-electron chi connectivity index (χ3n) is 9.78. The molecule has 0 radical (unpaired) electrons. The van der Waals surface area contributed by atoms with Crippen molar-refractivity contribution >= 4 is 23.4 Å². The van der Waals surface area contributed by atoms with E-state index in [9.17, 15) is 14.4 Å². The Morgan fingerprint density at radius 3 is 2.65 bits per heavy atom. The van der Waals surface area contributed by atoms with E-state index in [-0.39, 0.29) is 23.8 Å². The summed E-state index contributed by atoms with van der Waals surface area (Å²) >= 11 is 0. The van der Waals surface area contributed by atoms with Gasteiger partial charge in [0.1, 0.15) is 17.4 Å². The lowest BCUT2D eigenvalue weighted by Crippen LogP contribution is -2.57. The third-order valence-corrected chi connectivity index (χ3v) is 9.78. The van der Waals surface area contributed by atoms with Gasteiger partial charge >= 0.3 is 0 Å². The number of carbonyl (C=O) groups excluding carboxylic acids is 3. The summed E-state index contributed by atoms with van der Waals surface area (Å²) in [5, 5.41) is 6.25. The van der Waals surface area contributed by atoms with Gasteiger partial charge in [-0.05, 0) is 51.3 Å². The van der Waals surface area contributed by atoms with Crippen molar-refractivity contribution in [2.24, 2.45) is 11.8 Å². The fourth-order valence-electron chi connectivity index (χ4n) is 7.69. The number of carbonyl (C=O) groups is 3. The average molecular weight is 551 g/mol. The Morgan fingerprint density at radius 2 is 1.88 bits per heavy atom. The van der Waals surface area contributed by atoms with Crippen LogP contribution < -0.4 is 15.4 Å². The van der Waals surface area contributed by atoms with E-state index < -0.39 is 29.6 Å². The average Bonchev–Trinajstić information content (AvgIpc) is 3.60. The summed E-state index contributed by atoms with van der Waals surface area (Å²) in [4.78, 5) is 46.0. The molecular weight excluding hydrogens is 508 g/mol. The number of likely N-dealkylation sites (tertiary alicyclic amines) is 2. The summed E-state index contributed by atoms with van der Waals surface area (Å²) in [6.45, 7) is 4.38. The second-order valence-corrected chi connectivity index (χ2v) is 12.2. The molecule has 4 heterocycles. The SMILES string of the molecule is COc1cccc(NC(=O)[C@@H]2[C@@H]3C=C[C@]4(O3)[C@@H]2C(=O)N(CCN2CCCC[C@@H]2C)[C@@H]4C(=O)NC2CCCCC2)c1. The molecule has 1 aromatic carbocycles. The zero-order valence-corrected chi connectivity index (χ0v) is 23.6. The van der Waals surface area contributed by atoms with Gasteiger partial charge < -0.3 is 25.0 Å². The van der Waals surface area contributed by atoms with Crippen molar-refractivity contribution in [1.82, 2.24) is 15.1 Å². The first-order valence-electron chi connectivity index (χ1n) is 15.1. The highest BCUT2D eigenvalue weighted by Gasteiger charge is 2.72. The highest BCUT2D eigenvalue weighted by Crippen LogP contribution is 2.55. The van der Waals surface area contributed by atoms with E-state index in [2.05, 4.69) is 22.5 Å². The molecule has 0 unspecified atom stereocenters. The Morgan fingerprint density at radius 1 is 1.07 bits per heavy atom. The van der Waals surface area contributed by atoms with Crippen molar-refractivity contribution in [3.63, 3.8) is 0 Å². The molecule has 5 aliphatic rings. The molecule has 9 nitrogen and oxygen atoms in total. The molecule has 4 aliphatic heterocycles. The number of rotatable bonds is 8. The van der Waals surface area contributed by atoms with E-state index in [0.29, 0.717) is 30.6 Å². The van der Waals surface area contributed by atoms with E-state index in [0.717, 1.165) is 45.1 Å². The monoisotopic (exact) mass is 550 g/mol. The van der Waals surface area contributed by atoms with E-state index in [1.165, 1.54) is 12.8 Å². The Hall–Kier alpha value is -2.91. The number of amides is 3. The molecule has 0 aromatic heterocycles. The zero-order valence-electron chi connectivity index (χ0n) is 23.6. The maximum Gasteiger partial charge on any atom is 0.246 e. The summed E-state index contributed by atoms with van der Waals surface area (Å²) in [6, 6.07) is 6.94. The normalized spacial score (nSPS) is 33.7. The van der Waals surface area contributed by atoms with Crippen LogP contribution in [-0.2, 0) is 19.1 Å². The summed E-state index contributed by atoms with van der Waals surface area (Å²) in [5.74, 6) is -1.42. The van der Waals surface area contributed by atoms with E-state index in [1.54, 1.807) is 24.1 Å². The maximum absolute atomic E-state index is 14.2. The molecule has 4 fully saturated rings. The lowest BCUT2D eigenvalue weighted by atomic mass is 9.74. The number of hydrogen-bond acceptors (Lipinski definition) is 6. The molecule has 2 bridgehead atoms. The van der Waals surface area contributed by atoms with Gasteiger partial charge in [-0.15, -0.1) is 0 Å².